The molecular weight excluding hydrogens is 220 g/mol. The average Bonchev–Trinajstić information content (AvgIpc) is 2.20. The second kappa shape index (κ2) is 4.89. The predicted octanol–water partition coefficient (Wildman–Crippen LogP) is 2.45. The number of methoxy groups -OCH3 is 1. The molecule has 15 heavy (non-hydrogen) atoms. The van der Waals surface area contributed by atoms with E-state index in [0.717, 1.165) is 0 Å². The number of ether oxygens (including phenoxy) is 2. The zero-order valence-electron chi connectivity index (χ0n) is 8.41. The SMILES string of the molecule is CCOc1ccc(C(=O)O)c(OC)c1Cl. The first kappa shape index (κ1) is 11.7. The molecule has 0 fully saturated rings. The van der Waals surface area contributed by atoms with E-state index in [1.807, 2.05) is 6.92 Å². The van der Waals surface area contributed by atoms with Gasteiger partial charge in [-0.25, -0.2) is 4.79 Å². The summed E-state index contributed by atoms with van der Waals surface area (Å²) in [5.41, 5.74) is 0.0194. The number of benzene rings is 1. The van der Waals surface area contributed by atoms with Crippen LogP contribution in [0.25, 0.3) is 0 Å². The zero-order chi connectivity index (χ0) is 11.4. The van der Waals surface area contributed by atoms with Crippen molar-refractivity contribution in [2.75, 3.05) is 13.7 Å². The smallest absolute Gasteiger partial charge is 0.339 e. The summed E-state index contributed by atoms with van der Waals surface area (Å²) in [6, 6.07) is 2.91. The molecule has 0 saturated carbocycles. The van der Waals surface area contributed by atoms with E-state index in [1.54, 1.807) is 0 Å². The van der Waals surface area contributed by atoms with Gasteiger partial charge in [-0.1, -0.05) is 11.6 Å². The molecule has 5 heteroatoms. The lowest BCUT2D eigenvalue weighted by atomic mass is 10.2. The summed E-state index contributed by atoms with van der Waals surface area (Å²) in [7, 11) is 1.36. The van der Waals surface area contributed by atoms with Crippen LogP contribution in [-0.4, -0.2) is 24.8 Å². The molecule has 0 spiro atoms. The molecule has 1 aromatic carbocycles. The topological polar surface area (TPSA) is 55.8 Å². The number of aromatic carboxylic acids is 1. The van der Waals surface area contributed by atoms with E-state index < -0.39 is 5.97 Å². The minimum Gasteiger partial charge on any atom is -0.494 e. The largest absolute Gasteiger partial charge is 0.494 e. The Labute approximate surface area is 92.4 Å². The van der Waals surface area contributed by atoms with Gasteiger partial charge in [-0.05, 0) is 19.1 Å². The summed E-state index contributed by atoms with van der Waals surface area (Å²) in [5.74, 6) is -0.548. The maximum Gasteiger partial charge on any atom is 0.339 e. The third-order valence-electron chi connectivity index (χ3n) is 1.80. The van der Waals surface area contributed by atoms with E-state index in [1.165, 1.54) is 19.2 Å². The standard InChI is InChI=1S/C10H11ClO4/c1-3-15-7-5-4-6(10(12)13)9(14-2)8(7)11/h4-5H,3H2,1-2H3,(H,12,13). The Morgan fingerprint density at radius 3 is 2.67 bits per heavy atom. The van der Waals surface area contributed by atoms with Crippen molar-refractivity contribution in [1.29, 1.82) is 0 Å². The first-order valence-corrected chi connectivity index (χ1v) is 4.72. The van der Waals surface area contributed by atoms with Gasteiger partial charge in [0.15, 0.2) is 5.75 Å². The minimum atomic E-state index is -1.09. The third kappa shape index (κ3) is 2.33. The minimum absolute atomic E-state index is 0.0194. The highest BCUT2D eigenvalue weighted by Gasteiger charge is 2.17. The molecule has 1 N–H and O–H groups in total. The molecule has 0 radical (unpaired) electrons. The van der Waals surface area contributed by atoms with Gasteiger partial charge in [0.2, 0.25) is 0 Å². The number of hydrogen-bond donors (Lipinski definition) is 1. The van der Waals surface area contributed by atoms with Crippen LogP contribution in [0, 0.1) is 0 Å². The van der Waals surface area contributed by atoms with E-state index in [9.17, 15) is 4.79 Å². The summed E-state index contributed by atoms with van der Waals surface area (Å²) in [6.45, 7) is 2.27. The first-order chi connectivity index (χ1) is 7.11. The number of carboxylic acids is 1. The maximum atomic E-state index is 10.8. The summed E-state index contributed by atoms with van der Waals surface area (Å²) in [5, 5.41) is 9.04. The molecule has 0 saturated heterocycles. The Morgan fingerprint density at radius 1 is 1.53 bits per heavy atom. The van der Waals surface area contributed by atoms with Crippen molar-refractivity contribution >= 4 is 17.6 Å². The summed E-state index contributed by atoms with van der Waals surface area (Å²) in [4.78, 5) is 10.8. The predicted molar refractivity (Wildman–Crippen MR) is 56.1 cm³/mol. The van der Waals surface area contributed by atoms with Gasteiger partial charge in [0.1, 0.15) is 16.3 Å². The molecule has 0 amide bonds. The van der Waals surface area contributed by atoms with Gasteiger partial charge in [-0.3, -0.25) is 0 Å². The molecule has 1 aromatic rings. The van der Waals surface area contributed by atoms with Gasteiger partial charge in [0.05, 0.1) is 13.7 Å². The van der Waals surface area contributed by atoms with E-state index in [2.05, 4.69) is 0 Å². The quantitative estimate of drug-likeness (QED) is 0.863. The summed E-state index contributed by atoms with van der Waals surface area (Å²) >= 11 is 5.92. The lowest BCUT2D eigenvalue weighted by Crippen LogP contribution is -2.02. The molecule has 0 heterocycles. The summed E-state index contributed by atoms with van der Waals surface area (Å²) in [6.07, 6.45) is 0. The lowest BCUT2D eigenvalue weighted by Gasteiger charge is -2.11. The van der Waals surface area contributed by atoms with E-state index in [0.29, 0.717) is 12.4 Å². The fourth-order valence-electron chi connectivity index (χ4n) is 1.17. The van der Waals surface area contributed by atoms with Crippen LogP contribution in [0.15, 0.2) is 12.1 Å². The van der Waals surface area contributed by atoms with Gasteiger partial charge in [0, 0.05) is 0 Å². The number of rotatable bonds is 4. The number of halogens is 1. The fourth-order valence-corrected chi connectivity index (χ4v) is 1.47. The Hall–Kier alpha value is -1.42. The van der Waals surface area contributed by atoms with Gasteiger partial charge < -0.3 is 14.6 Å². The molecule has 0 unspecified atom stereocenters. The lowest BCUT2D eigenvalue weighted by molar-refractivity contribution is 0.0693. The Morgan fingerprint density at radius 2 is 2.20 bits per heavy atom. The Balaban J connectivity index is 3.26. The first-order valence-electron chi connectivity index (χ1n) is 4.34. The van der Waals surface area contributed by atoms with Gasteiger partial charge in [0.25, 0.3) is 0 Å². The number of carboxylic acid groups (broad SMARTS) is 1. The van der Waals surface area contributed by atoms with Crippen LogP contribution >= 0.6 is 11.6 Å². The average molecular weight is 231 g/mol. The molecular formula is C10H11ClO4. The van der Waals surface area contributed by atoms with Crippen LogP contribution in [0.5, 0.6) is 11.5 Å². The van der Waals surface area contributed by atoms with Crippen LogP contribution in [0.1, 0.15) is 17.3 Å². The monoisotopic (exact) mass is 230 g/mol. The van der Waals surface area contributed by atoms with Gasteiger partial charge >= 0.3 is 5.97 Å². The van der Waals surface area contributed by atoms with Crippen LogP contribution < -0.4 is 9.47 Å². The van der Waals surface area contributed by atoms with Gasteiger partial charge in [-0.15, -0.1) is 0 Å². The molecule has 1 rings (SSSR count). The van der Waals surface area contributed by atoms with Crippen molar-refractivity contribution in [2.45, 2.75) is 6.92 Å². The van der Waals surface area contributed by atoms with Crippen molar-refractivity contribution in [3.8, 4) is 11.5 Å². The third-order valence-corrected chi connectivity index (χ3v) is 2.15. The van der Waals surface area contributed by atoms with Crippen molar-refractivity contribution in [3.05, 3.63) is 22.7 Å². The van der Waals surface area contributed by atoms with Gasteiger partial charge in [-0.2, -0.15) is 0 Å². The molecule has 0 aromatic heterocycles. The molecule has 4 nitrogen and oxygen atoms in total. The molecule has 0 bridgehead atoms. The van der Waals surface area contributed by atoms with Crippen LogP contribution in [0.3, 0.4) is 0 Å². The molecule has 0 aliphatic heterocycles. The number of carbonyl (C=O) groups is 1. The fraction of sp³-hybridized carbons (Fsp3) is 0.300. The normalized spacial score (nSPS) is 9.80. The number of hydrogen-bond acceptors (Lipinski definition) is 3. The maximum absolute atomic E-state index is 10.8. The Kier molecular flexibility index (Phi) is 3.80. The molecule has 0 aliphatic carbocycles. The van der Waals surface area contributed by atoms with Crippen molar-refractivity contribution in [2.24, 2.45) is 0 Å². The molecule has 82 valence electrons. The van der Waals surface area contributed by atoms with E-state index >= 15 is 0 Å². The highest BCUT2D eigenvalue weighted by molar-refractivity contribution is 6.34. The van der Waals surface area contributed by atoms with E-state index in [4.69, 9.17) is 26.2 Å². The van der Waals surface area contributed by atoms with Crippen LogP contribution in [-0.2, 0) is 0 Å². The van der Waals surface area contributed by atoms with Crippen molar-refractivity contribution in [1.82, 2.24) is 0 Å². The van der Waals surface area contributed by atoms with Crippen LogP contribution in [0.4, 0.5) is 0 Å². The van der Waals surface area contributed by atoms with Crippen molar-refractivity contribution < 1.29 is 19.4 Å². The molecule has 0 aliphatic rings. The highest BCUT2D eigenvalue weighted by Crippen LogP contribution is 2.36. The van der Waals surface area contributed by atoms with Crippen LogP contribution in [0.2, 0.25) is 5.02 Å². The van der Waals surface area contributed by atoms with E-state index in [-0.39, 0.29) is 16.3 Å². The van der Waals surface area contributed by atoms with Crippen molar-refractivity contribution in [3.63, 3.8) is 0 Å². The zero-order valence-corrected chi connectivity index (χ0v) is 9.17. The highest BCUT2D eigenvalue weighted by atomic mass is 35.5. The Bertz CT molecular complexity index is 376. The summed E-state index contributed by atoms with van der Waals surface area (Å²) < 4.78 is 10.1. The second-order valence-electron chi connectivity index (χ2n) is 2.70. The molecule has 0 atom stereocenters. The second-order valence-corrected chi connectivity index (χ2v) is 3.07.